The van der Waals surface area contributed by atoms with Crippen molar-refractivity contribution in [2.75, 3.05) is 24.5 Å². The Morgan fingerprint density at radius 3 is 2.34 bits per heavy atom. The molecule has 0 spiro atoms. The van der Waals surface area contributed by atoms with Gasteiger partial charge in [0.25, 0.3) is 5.91 Å². The average Bonchev–Trinajstić information content (AvgIpc) is 3.64. The third-order valence-corrected chi connectivity index (χ3v) is 13.9. The van der Waals surface area contributed by atoms with Crippen LogP contribution in [0, 0.1) is 12.8 Å². The molecule has 3 amide bonds. The van der Waals surface area contributed by atoms with Crippen molar-refractivity contribution in [2.45, 2.75) is 101 Å². The van der Waals surface area contributed by atoms with E-state index in [0.29, 0.717) is 60.2 Å². The first-order chi connectivity index (χ1) is 28.2. The molecule has 9 nitrogen and oxygen atoms in total. The van der Waals surface area contributed by atoms with Gasteiger partial charge in [0.15, 0.2) is 0 Å². The van der Waals surface area contributed by atoms with E-state index in [2.05, 4.69) is 93.7 Å². The highest BCUT2D eigenvalue weighted by molar-refractivity contribution is 6.04. The fourth-order valence-electron chi connectivity index (χ4n) is 10.6. The highest BCUT2D eigenvalue weighted by Gasteiger charge is 2.37. The van der Waals surface area contributed by atoms with E-state index in [4.69, 9.17) is 0 Å². The van der Waals surface area contributed by atoms with E-state index >= 15 is 0 Å². The monoisotopic (exact) mass is 777 g/mol. The number of nitrogens with zero attached hydrogens (tertiary/aromatic N) is 3. The van der Waals surface area contributed by atoms with Crippen LogP contribution in [0.4, 0.5) is 5.69 Å². The first-order valence-electron chi connectivity index (χ1n) is 21.3. The number of aromatic hydroxyl groups is 1. The van der Waals surface area contributed by atoms with Crippen LogP contribution in [0.5, 0.6) is 5.75 Å². The summed E-state index contributed by atoms with van der Waals surface area (Å²) in [6, 6.07) is 30.4. The number of allylic oxidation sites excluding steroid dienone is 1. The van der Waals surface area contributed by atoms with Gasteiger partial charge in [-0.25, -0.2) is 0 Å². The van der Waals surface area contributed by atoms with Crippen LogP contribution < -0.4 is 15.5 Å². The largest absolute Gasteiger partial charge is 0.508 e. The number of carbonyl (C=O) groups excluding carboxylic acids is 3. The van der Waals surface area contributed by atoms with Crippen molar-refractivity contribution in [2.24, 2.45) is 5.92 Å². The summed E-state index contributed by atoms with van der Waals surface area (Å²) in [5.74, 6) is 0.926. The number of imide groups is 1. The molecule has 3 heterocycles. The Hall–Kier alpha value is -5.25. The number of phenolic OH excluding ortho intramolecular Hbond substituents is 1. The molecule has 2 saturated heterocycles. The van der Waals surface area contributed by atoms with Gasteiger partial charge in [0.2, 0.25) is 12.3 Å². The second-order valence-corrected chi connectivity index (χ2v) is 17.5. The molecule has 3 unspecified atom stereocenters. The van der Waals surface area contributed by atoms with Crippen LogP contribution in [0.1, 0.15) is 106 Å². The molecular weight excluding hydrogens is 723 g/mol. The van der Waals surface area contributed by atoms with E-state index in [-0.39, 0.29) is 11.8 Å². The normalized spacial score (nSPS) is 24.7. The molecule has 9 rings (SSSR count). The van der Waals surface area contributed by atoms with Gasteiger partial charge in [-0.2, -0.15) is 0 Å². The molecule has 0 aromatic heterocycles. The van der Waals surface area contributed by atoms with Gasteiger partial charge >= 0.3 is 0 Å². The molecule has 9 heteroatoms. The Bertz CT molecular complexity index is 2190. The maximum absolute atomic E-state index is 13.6. The minimum Gasteiger partial charge on any atom is -0.508 e. The summed E-state index contributed by atoms with van der Waals surface area (Å²) in [4.78, 5) is 44.4. The zero-order valence-electron chi connectivity index (χ0n) is 33.5. The summed E-state index contributed by atoms with van der Waals surface area (Å²) >= 11 is 0. The van der Waals surface area contributed by atoms with Crippen LogP contribution >= 0.6 is 0 Å². The van der Waals surface area contributed by atoms with Crippen molar-refractivity contribution in [1.82, 2.24) is 20.4 Å². The second-order valence-electron chi connectivity index (χ2n) is 17.5. The van der Waals surface area contributed by atoms with Gasteiger partial charge in [0, 0.05) is 61.1 Å². The van der Waals surface area contributed by atoms with E-state index in [1.54, 1.807) is 0 Å². The minimum atomic E-state index is -0.816. The van der Waals surface area contributed by atoms with E-state index < -0.39 is 11.9 Å². The van der Waals surface area contributed by atoms with Crippen LogP contribution in [0.2, 0.25) is 0 Å². The predicted octanol–water partition coefficient (Wildman–Crippen LogP) is 7.31. The molecule has 1 saturated carbocycles. The number of hydrogen-bond donors (Lipinski definition) is 3. The lowest BCUT2D eigenvalue weighted by Crippen LogP contribution is -2.59. The number of benzene rings is 4. The number of amides is 3. The molecule has 5 aliphatic rings. The molecule has 58 heavy (non-hydrogen) atoms. The zero-order valence-corrected chi connectivity index (χ0v) is 33.5. The number of nitrogens with one attached hydrogen (secondary N) is 2. The molecule has 4 aromatic rings. The molecule has 2 aliphatic carbocycles. The number of rotatable bonds is 10. The predicted molar refractivity (Wildman–Crippen MR) is 227 cm³/mol. The van der Waals surface area contributed by atoms with Crippen molar-refractivity contribution in [3.63, 3.8) is 0 Å². The number of anilines is 1. The van der Waals surface area contributed by atoms with E-state index in [9.17, 15) is 19.5 Å². The summed E-state index contributed by atoms with van der Waals surface area (Å²) in [6.45, 7) is 10.5. The first-order valence-corrected chi connectivity index (χ1v) is 21.3. The van der Waals surface area contributed by atoms with Gasteiger partial charge in [-0.15, -0.1) is 0 Å². The van der Waals surface area contributed by atoms with Crippen molar-refractivity contribution in [3.05, 3.63) is 142 Å². The van der Waals surface area contributed by atoms with Crippen molar-refractivity contribution < 1.29 is 19.5 Å². The molecular formula is C49H55N5O4. The number of hydrogen-bond acceptors (Lipinski definition) is 7. The SMILES string of the molecule is C=C1CCC(N(C=O)C(=O)c2cc3c(cc2C)CN(C2CCC(CNC4CN(c5ccc(C6c7ccc(O)cc7CCC6c6ccccc6)cc5)C4)CC2)C3)C(=O)N1. The molecule has 3 N–H and O–H groups in total. The summed E-state index contributed by atoms with van der Waals surface area (Å²) in [7, 11) is 0. The maximum Gasteiger partial charge on any atom is 0.261 e. The van der Waals surface area contributed by atoms with Crippen molar-refractivity contribution >= 4 is 23.9 Å². The molecule has 300 valence electrons. The number of carbonyl (C=O) groups is 3. The topological polar surface area (TPSA) is 105 Å². The summed E-state index contributed by atoms with van der Waals surface area (Å²) in [6.07, 6.45) is 8.25. The number of piperidine rings is 1. The van der Waals surface area contributed by atoms with Crippen LogP contribution in [0.15, 0.2) is 97.2 Å². The Morgan fingerprint density at radius 1 is 0.879 bits per heavy atom. The van der Waals surface area contributed by atoms with Crippen molar-refractivity contribution in [3.8, 4) is 5.75 Å². The first kappa shape index (κ1) is 38.3. The smallest absolute Gasteiger partial charge is 0.261 e. The third kappa shape index (κ3) is 7.58. The zero-order chi connectivity index (χ0) is 39.9. The minimum absolute atomic E-state index is 0.260. The highest BCUT2D eigenvalue weighted by atomic mass is 16.3. The Morgan fingerprint density at radius 2 is 1.62 bits per heavy atom. The van der Waals surface area contributed by atoms with Crippen LogP contribution in [0.25, 0.3) is 0 Å². The van der Waals surface area contributed by atoms with Gasteiger partial charge in [-0.05, 0) is 146 Å². The van der Waals surface area contributed by atoms with Gasteiger partial charge in [-0.3, -0.25) is 24.2 Å². The fraction of sp³-hybridized carbons (Fsp3) is 0.408. The van der Waals surface area contributed by atoms with Crippen molar-refractivity contribution in [1.29, 1.82) is 0 Å². The number of fused-ring (bicyclic) bond motifs is 2. The molecule has 3 aliphatic heterocycles. The van der Waals surface area contributed by atoms with E-state index in [0.717, 1.165) is 61.6 Å². The van der Waals surface area contributed by atoms with Gasteiger partial charge in [0.05, 0.1) is 0 Å². The number of phenols is 1. The van der Waals surface area contributed by atoms with Gasteiger partial charge < -0.3 is 20.6 Å². The van der Waals surface area contributed by atoms with Crippen LogP contribution in [0.3, 0.4) is 0 Å². The fourth-order valence-corrected chi connectivity index (χ4v) is 10.6. The summed E-state index contributed by atoms with van der Waals surface area (Å²) in [5, 5.41) is 16.8. The van der Waals surface area contributed by atoms with Crippen LogP contribution in [-0.4, -0.2) is 70.9 Å². The number of aryl methyl sites for hydroxylation is 2. The standard InChI is InChI=1S/C49H55N5O4/c1-31-22-37-26-52(27-38(37)24-45(31)49(58)54(30-55)46-21-8-32(2)51-48(46)57)40-14-9-33(10-15-40)25-50-39-28-53(29-39)41-16-11-35(12-17-41)47-43(34-6-4-3-5-7-34)19-13-36-23-42(56)18-20-44(36)47/h3-7,11-12,16-18,20,22-24,30,33,39-40,43,46-47,50,56H,2,8-10,13-15,19,21,25-29H2,1H3,(H,51,57). The summed E-state index contributed by atoms with van der Waals surface area (Å²) in [5.41, 5.74) is 10.9. The van der Waals surface area contributed by atoms with E-state index in [1.807, 2.05) is 25.1 Å². The molecule has 4 aromatic carbocycles. The van der Waals surface area contributed by atoms with Crippen LogP contribution in [-0.2, 0) is 29.1 Å². The second kappa shape index (κ2) is 16.2. The Balaban J connectivity index is 0.749. The van der Waals surface area contributed by atoms with E-state index in [1.165, 1.54) is 59.2 Å². The third-order valence-electron chi connectivity index (χ3n) is 13.9. The van der Waals surface area contributed by atoms with Gasteiger partial charge in [0.1, 0.15) is 11.8 Å². The highest BCUT2D eigenvalue weighted by Crippen LogP contribution is 2.47. The lowest BCUT2D eigenvalue weighted by Gasteiger charge is -2.43. The lowest BCUT2D eigenvalue weighted by atomic mass is 9.69. The molecule has 3 atom stereocenters. The molecule has 3 fully saturated rings. The summed E-state index contributed by atoms with van der Waals surface area (Å²) < 4.78 is 0. The molecule has 0 radical (unpaired) electrons. The Labute approximate surface area is 342 Å². The lowest BCUT2D eigenvalue weighted by molar-refractivity contribution is -0.131. The average molecular weight is 778 g/mol. The Kier molecular flexibility index (Phi) is 10.7. The van der Waals surface area contributed by atoms with Gasteiger partial charge in [-0.1, -0.05) is 61.2 Å². The maximum atomic E-state index is 13.6. The quantitative estimate of drug-likeness (QED) is 0.145. The molecule has 0 bridgehead atoms.